The van der Waals surface area contributed by atoms with Gasteiger partial charge in [-0.2, -0.15) is 0 Å². The minimum absolute atomic E-state index is 0.442. The molecule has 104 valence electrons. The van der Waals surface area contributed by atoms with E-state index in [9.17, 15) is 5.11 Å². The van der Waals surface area contributed by atoms with Gasteiger partial charge in [-0.3, -0.25) is 0 Å². The highest BCUT2D eigenvalue weighted by atomic mass is 35.5. The second-order valence-electron chi connectivity index (χ2n) is 5.30. The van der Waals surface area contributed by atoms with Crippen LogP contribution in [0.25, 0.3) is 0 Å². The van der Waals surface area contributed by atoms with Crippen LogP contribution < -0.4 is 0 Å². The lowest BCUT2D eigenvalue weighted by Gasteiger charge is -2.14. The number of hydrogen-bond acceptors (Lipinski definition) is 1. The third-order valence-corrected chi connectivity index (χ3v) is 4.67. The van der Waals surface area contributed by atoms with E-state index in [2.05, 4.69) is 12.1 Å². The van der Waals surface area contributed by atoms with Gasteiger partial charge < -0.3 is 5.11 Å². The fourth-order valence-corrected chi connectivity index (χ4v) is 3.39. The normalized spacial score (nSPS) is 15.2. The number of halogens is 2. The van der Waals surface area contributed by atoms with E-state index < -0.39 is 6.10 Å². The highest BCUT2D eigenvalue weighted by Crippen LogP contribution is 2.31. The molecule has 0 bridgehead atoms. The lowest BCUT2D eigenvalue weighted by atomic mass is 9.98. The van der Waals surface area contributed by atoms with Crippen molar-refractivity contribution in [2.45, 2.75) is 31.8 Å². The molecule has 1 nitrogen and oxygen atoms in total. The van der Waals surface area contributed by atoms with Crippen LogP contribution in [0.4, 0.5) is 0 Å². The van der Waals surface area contributed by atoms with Crippen molar-refractivity contribution in [1.82, 2.24) is 0 Å². The maximum atomic E-state index is 10.4. The van der Waals surface area contributed by atoms with Gasteiger partial charge in [0.15, 0.2) is 0 Å². The van der Waals surface area contributed by atoms with Gasteiger partial charge in [0.1, 0.15) is 0 Å². The Morgan fingerprint density at radius 1 is 1.00 bits per heavy atom. The Labute approximate surface area is 129 Å². The number of aliphatic hydroxyl groups excluding tert-OH is 1. The fourth-order valence-electron chi connectivity index (χ4n) is 2.84. The second kappa shape index (κ2) is 5.77. The number of aliphatic hydroxyl groups is 1. The van der Waals surface area contributed by atoms with Gasteiger partial charge in [-0.25, -0.2) is 0 Å². The van der Waals surface area contributed by atoms with Crippen LogP contribution in [0.2, 0.25) is 10.0 Å². The maximum Gasteiger partial charge on any atom is 0.0831 e. The molecule has 0 heterocycles. The van der Waals surface area contributed by atoms with E-state index in [-0.39, 0.29) is 0 Å². The zero-order valence-electron chi connectivity index (χ0n) is 11.1. The molecule has 2 aromatic rings. The summed E-state index contributed by atoms with van der Waals surface area (Å²) in [6.07, 6.45) is 3.35. The molecule has 0 saturated carbocycles. The van der Waals surface area contributed by atoms with Crippen LogP contribution in [0.3, 0.4) is 0 Å². The molecule has 0 amide bonds. The molecular formula is C17H16Cl2O. The van der Waals surface area contributed by atoms with Crippen molar-refractivity contribution in [3.05, 3.63) is 68.7 Å². The van der Waals surface area contributed by atoms with Gasteiger partial charge in [0.05, 0.1) is 6.10 Å². The number of aryl methyl sites for hydroxylation is 2. The summed E-state index contributed by atoms with van der Waals surface area (Å²) >= 11 is 12.3. The van der Waals surface area contributed by atoms with Crippen molar-refractivity contribution in [2.24, 2.45) is 0 Å². The van der Waals surface area contributed by atoms with Crippen molar-refractivity contribution in [3.63, 3.8) is 0 Å². The van der Waals surface area contributed by atoms with Crippen LogP contribution in [0.5, 0.6) is 0 Å². The molecule has 0 radical (unpaired) electrons. The molecule has 0 spiro atoms. The summed E-state index contributed by atoms with van der Waals surface area (Å²) in [6, 6.07) is 11.7. The Kier molecular flexibility index (Phi) is 4.02. The van der Waals surface area contributed by atoms with Crippen molar-refractivity contribution in [3.8, 4) is 0 Å². The Hall–Kier alpha value is -1.02. The fraction of sp³-hybridized carbons (Fsp3) is 0.294. The molecule has 1 aliphatic carbocycles. The molecule has 20 heavy (non-hydrogen) atoms. The molecular weight excluding hydrogens is 291 g/mol. The standard InChI is InChI=1S/C17H16Cl2O/c18-15-5-2-6-16(19)14(15)10-17(20)13-8-7-11-3-1-4-12(11)9-13/h2,5-9,17,20H,1,3-4,10H2. The highest BCUT2D eigenvalue weighted by Gasteiger charge is 2.17. The minimum atomic E-state index is -0.571. The lowest BCUT2D eigenvalue weighted by molar-refractivity contribution is 0.178. The van der Waals surface area contributed by atoms with Gasteiger partial charge in [-0.15, -0.1) is 0 Å². The predicted molar refractivity (Wildman–Crippen MR) is 83.6 cm³/mol. The Morgan fingerprint density at radius 2 is 1.70 bits per heavy atom. The van der Waals surface area contributed by atoms with Crippen LogP contribution in [-0.2, 0) is 19.3 Å². The van der Waals surface area contributed by atoms with Crippen molar-refractivity contribution in [1.29, 1.82) is 0 Å². The van der Waals surface area contributed by atoms with Gasteiger partial charge in [-0.05, 0) is 53.6 Å². The molecule has 1 atom stereocenters. The van der Waals surface area contributed by atoms with E-state index in [1.54, 1.807) is 12.1 Å². The monoisotopic (exact) mass is 306 g/mol. The molecule has 0 fully saturated rings. The molecule has 1 unspecified atom stereocenters. The largest absolute Gasteiger partial charge is 0.388 e. The Bertz CT molecular complexity index is 617. The summed E-state index contributed by atoms with van der Waals surface area (Å²) in [7, 11) is 0. The zero-order valence-corrected chi connectivity index (χ0v) is 12.6. The van der Waals surface area contributed by atoms with E-state index in [0.717, 1.165) is 24.0 Å². The quantitative estimate of drug-likeness (QED) is 0.867. The summed E-state index contributed by atoms with van der Waals surface area (Å²) in [5, 5.41) is 11.7. The van der Waals surface area contributed by atoms with Crippen molar-refractivity contribution < 1.29 is 5.11 Å². The number of hydrogen-bond donors (Lipinski definition) is 1. The molecule has 0 aromatic heterocycles. The summed E-state index contributed by atoms with van der Waals surface area (Å²) in [6.45, 7) is 0. The molecule has 3 rings (SSSR count). The van der Waals surface area contributed by atoms with Crippen molar-refractivity contribution >= 4 is 23.2 Å². The molecule has 2 aromatic carbocycles. The van der Waals surface area contributed by atoms with Crippen LogP contribution in [-0.4, -0.2) is 5.11 Å². The highest BCUT2D eigenvalue weighted by molar-refractivity contribution is 6.36. The van der Waals surface area contributed by atoms with Crippen LogP contribution in [0, 0.1) is 0 Å². The third kappa shape index (κ3) is 2.71. The zero-order chi connectivity index (χ0) is 14.1. The summed E-state index contributed by atoms with van der Waals surface area (Å²) in [5.74, 6) is 0. The van der Waals surface area contributed by atoms with Crippen LogP contribution >= 0.6 is 23.2 Å². The Balaban J connectivity index is 1.84. The first kappa shape index (κ1) is 13.9. The number of rotatable bonds is 3. The Morgan fingerprint density at radius 3 is 2.45 bits per heavy atom. The predicted octanol–water partition coefficient (Wildman–Crippen LogP) is 4.76. The van der Waals surface area contributed by atoms with E-state index >= 15 is 0 Å². The third-order valence-electron chi connectivity index (χ3n) is 3.97. The van der Waals surface area contributed by atoms with Crippen LogP contribution in [0.1, 0.15) is 34.8 Å². The summed E-state index contributed by atoms with van der Waals surface area (Å²) in [5.41, 5.74) is 4.54. The van der Waals surface area contributed by atoms with Gasteiger partial charge in [0.25, 0.3) is 0 Å². The van der Waals surface area contributed by atoms with Crippen LogP contribution in [0.15, 0.2) is 36.4 Å². The van der Waals surface area contributed by atoms with E-state index in [1.165, 1.54) is 17.5 Å². The molecule has 0 aliphatic heterocycles. The summed E-state index contributed by atoms with van der Waals surface area (Å²) in [4.78, 5) is 0. The molecule has 3 heteroatoms. The average molecular weight is 307 g/mol. The smallest absolute Gasteiger partial charge is 0.0831 e. The molecule has 0 saturated heterocycles. The van der Waals surface area contributed by atoms with Gasteiger partial charge in [0.2, 0.25) is 0 Å². The maximum absolute atomic E-state index is 10.4. The van der Waals surface area contributed by atoms with Gasteiger partial charge in [0, 0.05) is 16.5 Å². The second-order valence-corrected chi connectivity index (χ2v) is 6.12. The van der Waals surface area contributed by atoms with E-state index in [1.807, 2.05) is 12.1 Å². The van der Waals surface area contributed by atoms with E-state index in [4.69, 9.17) is 23.2 Å². The SMILES string of the molecule is OC(Cc1c(Cl)cccc1Cl)c1ccc2c(c1)CCC2. The van der Waals surface area contributed by atoms with E-state index in [0.29, 0.717) is 16.5 Å². The summed E-state index contributed by atoms with van der Waals surface area (Å²) < 4.78 is 0. The topological polar surface area (TPSA) is 20.2 Å². The minimum Gasteiger partial charge on any atom is -0.388 e. The average Bonchev–Trinajstić information content (AvgIpc) is 2.90. The number of benzene rings is 2. The molecule has 1 aliphatic rings. The van der Waals surface area contributed by atoms with Gasteiger partial charge >= 0.3 is 0 Å². The first-order valence-electron chi connectivity index (χ1n) is 6.88. The number of fused-ring (bicyclic) bond motifs is 1. The first-order chi connectivity index (χ1) is 9.65. The van der Waals surface area contributed by atoms with Gasteiger partial charge in [-0.1, -0.05) is 47.5 Å². The van der Waals surface area contributed by atoms with Crippen molar-refractivity contribution in [2.75, 3.05) is 0 Å². The lowest BCUT2D eigenvalue weighted by Crippen LogP contribution is -2.04. The molecule has 1 N–H and O–H groups in total. The first-order valence-corrected chi connectivity index (χ1v) is 7.63.